The zero-order valence-corrected chi connectivity index (χ0v) is 15.0. The van der Waals surface area contributed by atoms with Crippen molar-refractivity contribution in [3.63, 3.8) is 0 Å². The first kappa shape index (κ1) is 18.8. The van der Waals surface area contributed by atoms with Gasteiger partial charge in [-0.15, -0.1) is 11.3 Å². The Morgan fingerprint density at radius 3 is 2.60 bits per heavy atom. The lowest BCUT2D eigenvalue weighted by Gasteiger charge is -2.11. The van der Waals surface area contributed by atoms with Crippen molar-refractivity contribution in [1.82, 2.24) is 10.9 Å². The van der Waals surface area contributed by atoms with Gasteiger partial charge in [0, 0.05) is 5.02 Å². The number of halogens is 1. The number of benzene rings is 1. The van der Waals surface area contributed by atoms with Crippen molar-refractivity contribution in [2.24, 2.45) is 0 Å². The van der Waals surface area contributed by atoms with Gasteiger partial charge in [0.05, 0.1) is 12.7 Å². The maximum Gasteiger partial charge on any atom is 0.349 e. The molecule has 2 amide bonds. The molecule has 7 nitrogen and oxygen atoms in total. The minimum absolute atomic E-state index is 0.154. The minimum atomic E-state index is -0.683. The summed E-state index contributed by atoms with van der Waals surface area (Å²) >= 11 is 7.08. The molecule has 0 spiro atoms. The van der Waals surface area contributed by atoms with Crippen LogP contribution in [0.5, 0.6) is 5.75 Å². The average Bonchev–Trinajstić information content (AvgIpc) is 3.03. The number of rotatable bonds is 5. The van der Waals surface area contributed by atoms with Gasteiger partial charge >= 0.3 is 5.97 Å². The molecular weight excluding hydrogens is 368 g/mol. The van der Waals surface area contributed by atoms with Crippen LogP contribution in [0.4, 0.5) is 0 Å². The number of esters is 1. The molecule has 2 aromatic rings. The first-order chi connectivity index (χ1) is 11.9. The highest BCUT2D eigenvalue weighted by molar-refractivity contribution is 7.12. The standard InChI is InChI=1S/C16H15ClN2O5S/c1-9-5-6-25-14(9)16(22)24-8-13(20)18-19-15(21)11-7-10(17)3-4-12(11)23-2/h3-7H,8H2,1-2H3,(H,18,20)(H,19,21). The molecule has 25 heavy (non-hydrogen) atoms. The van der Waals surface area contributed by atoms with E-state index in [9.17, 15) is 14.4 Å². The van der Waals surface area contributed by atoms with Gasteiger partial charge < -0.3 is 9.47 Å². The van der Waals surface area contributed by atoms with E-state index >= 15 is 0 Å². The summed E-state index contributed by atoms with van der Waals surface area (Å²) in [6.45, 7) is 1.24. The van der Waals surface area contributed by atoms with Crippen molar-refractivity contribution in [2.75, 3.05) is 13.7 Å². The largest absolute Gasteiger partial charge is 0.496 e. The van der Waals surface area contributed by atoms with E-state index in [1.807, 2.05) is 0 Å². The molecule has 0 atom stereocenters. The van der Waals surface area contributed by atoms with Crippen molar-refractivity contribution in [3.8, 4) is 5.75 Å². The summed E-state index contributed by atoms with van der Waals surface area (Å²) in [7, 11) is 1.41. The summed E-state index contributed by atoms with van der Waals surface area (Å²) in [4.78, 5) is 36.0. The highest BCUT2D eigenvalue weighted by atomic mass is 35.5. The third-order valence-electron chi connectivity index (χ3n) is 3.10. The van der Waals surface area contributed by atoms with Gasteiger partial charge in [-0.3, -0.25) is 20.4 Å². The molecule has 0 aliphatic heterocycles. The predicted octanol–water partition coefficient (Wildman–Crippen LogP) is 2.34. The number of methoxy groups -OCH3 is 1. The number of thiophene rings is 1. The van der Waals surface area contributed by atoms with Gasteiger partial charge in [-0.05, 0) is 42.1 Å². The monoisotopic (exact) mass is 382 g/mol. The van der Waals surface area contributed by atoms with Crippen LogP contribution in [-0.4, -0.2) is 31.5 Å². The lowest BCUT2D eigenvalue weighted by molar-refractivity contribution is -0.125. The number of hydrogen-bond acceptors (Lipinski definition) is 6. The molecule has 0 radical (unpaired) electrons. The maximum absolute atomic E-state index is 12.1. The quantitative estimate of drug-likeness (QED) is 0.611. The van der Waals surface area contributed by atoms with Gasteiger partial charge in [-0.1, -0.05) is 11.6 Å². The third-order valence-corrected chi connectivity index (χ3v) is 4.34. The van der Waals surface area contributed by atoms with Crippen LogP contribution >= 0.6 is 22.9 Å². The summed E-state index contributed by atoms with van der Waals surface area (Å²) in [6, 6.07) is 6.29. The molecule has 0 unspecified atom stereocenters. The first-order valence-corrected chi connectivity index (χ1v) is 8.32. The van der Waals surface area contributed by atoms with Crippen LogP contribution in [-0.2, 0) is 9.53 Å². The number of hydrazine groups is 1. The normalized spacial score (nSPS) is 10.0. The van der Waals surface area contributed by atoms with Gasteiger partial charge in [-0.25, -0.2) is 4.79 Å². The minimum Gasteiger partial charge on any atom is -0.496 e. The highest BCUT2D eigenvalue weighted by Crippen LogP contribution is 2.22. The Morgan fingerprint density at radius 2 is 1.96 bits per heavy atom. The van der Waals surface area contributed by atoms with E-state index in [4.69, 9.17) is 21.1 Å². The number of nitrogens with one attached hydrogen (secondary N) is 2. The molecule has 0 fully saturated rings. The first-order valence-electron chi connectivity index (χ1n) is 7.06. The molecule has 132 valence electrons. The summed E-state index contributed by atoms with van der Waals surface area (Å²) in [5, 5.41) is 2.10. The topological polar surface area (TPSA) is 93.7 Å². The molecule has 2 N–H and O–H groups in total. The lowest BCUT2D eigenvalue weighted by Crippen LogP contribution is -2.43. The molecule has 1 aromatic heterocycles. The van der Waals surface area contributed by atoms with Crippen LogP contribution in [0.1, 0.15) is 25.6 Å². The molecule has 0 saturated heterocycles. The molecule has 0 aliphatic carbocycles. The maximum atomic E-state index is 12.1. The molecule has 1 heterocycles. The number of carbonyl (C=O) groups is 3. The Labute approximate surface area is 152 Å². The van der Waals surface area contributed by atoms with Crippen LogP contribution in [0, 0.1) is 6.92 Å². The van der Waals surface area contributed by atoms with E-state index in [1.54, 1.807) is 24.4 Å². The van der Waals surface area contributed by atoms with Crippen molar-refractivity contribution in [3.05, 3.63) is 50.7 Å². The molecule has 0 bridgehead atoms. The van der Waals surface area contributed by atoms with Crippen LogP contribution in [0.3, 0.4) is 0 Å². The molecule has 0 saturated carbocycles. The SMILES string of the molecule is COc1ccc(Cl)cc1C(=O)NNC(=O)COC(=O)c1sccc1C. The molecular formula is C16H15ClN2O5S. The smallest absolute Gasteiger partial charge is 0.349 e. The van der Waals surface area contributed by atoms with Crippen LogP contribution < -0.4 is 15.6 Å². The van der Waals surface area contributed by atoms with Gasteiger partial charge in [0.25, 0.3) is 11.8 Å². The number of hydrogen-bond donors (Lipinski definition) is 2. The zero-order valence-electron chi connectivity index (χ0n) is 13.4. The molecule has 0 aliphatic rings. The fraction of sp³-hybridized carbons (Fsp3) is 0.188. The Morgan fingerprint density at radius 1 is 1.20 bits per heavy atom. The number of carbonyl (C=O) groups excluding carboxylic acids is 3. The van der Waals surface area contributed by atoms with E-state index in [1.165, 1.54) is 30.6 Å². The molecule has 9 heteroatoms. The number of amides is 2. The Bertz CT molecular complexity index is 806. The van der Waals surface area contributed by atoms with E-state index in [0.29, 0.717) is 15.6 Å². The fourth-order valence-corrected chi connectivity index (χ4v) is 2.86. The van der Waals surface area contributed by atoms with E-state index in [-0.39, 0.29) is 5.56 Å². The Balaban J connectivity index is 1.86. The van der Waals surface area contributed by atoms with E-state index in [0.717, 1.165) is 5.56 Å². The third kappa shape index (κ3) is 4.94. The summed E-state index contributed by atoms with van der Waals surface area (Å²) in [6.07, 6.45) is 0. The second-order valence-electron chi connectivity index (χ2n) is 4.86. The second-order valence-corrected chi connectivity index (χ2v) is 6.21. The van der Waals surface area contributed by atoms with E-state index in [2.05, 4.69) is 10.9 Å². The molecule has 1 aromatic carbocycles. The van der Waals surface area contributed by atoms with Gasteiger partial charge in [-0.2, -0.15) is 0 Å². The summed E-state index contributed by atoms with van der Waals surface area (Å²) in [5.74, 6) is -1.59. The van der Waals surface area contributed by atoms with Crippen molar-refractivity contribution >= 4 is 40.7 Å². The van der Waals surface area contributed by atoms with Gasteiger partial charge in [0.15, 0.2) is 6.61 Å². The second kappa shape index (κ2) is 8.50. The zero-order chi connectivity index (χ0) is 18.4. The number of aryl methyl sites for hydroxylation is 1. The van der Waals surface area contributed by atoms with Crippen LogP contribution in [0.15, 0.2) is 29.6 Å². The van der Waals surface area contributed by atoms with Crippen molar-refractivity contribution < 1.29 is 23.9 Å². The van der Waals surface area contributed by atoms with Crippen molar-refractivity contribution in [2.45, 2.75) is 6.92 Å². The highest BCUT2D eigenvalue weighted by Gasteiger charge is 2.16. The molecule has 2 rings (SSSR count). The van der Waals surface area contributed by atoms with Gasteiger partial charge in [0.2, 0.25) is 0 Å². The fourth-order valence-electron chi connectivity index (χ4n) is 1.87. The Hall–Kier alpha value is -2.58. The predicted molar refractivity (Wildman–Crippen MR) is 93.0 cm³/mol. The summed E-state index contributed by atoms with van der Waals surface area (Å²) < 4.78 is 9.95. The number of ether oxygens (including phenoxy) is 2. The van der Waals surface area contributed by atoms with Crippen LogP contribution in [0.2, 0.25) is 5.02 Å². The summed E-state index contributed by atoms with van der Waals surface area (Å²) in [5.41, 5.74) is 5.29. The average molecular weight is 383 g/mol. The Kier molecular flexibility index (Phi) is 6.37. The van der Waals surface area contributed by atoms with Crippen molar-refractivity contribution in [1.29, 1.82) is 0 Å². The van der Waals surface area contributed by atoms with E-state index < -0.39 is 24.4 Å². The lowest BCUT2D eigenvalue weighted by atomic mass is 10.2. The van der Waals surface area contributed by atoms with Crippen LogP contribution in [0.25, 0.3) is 0 Å². The van der Waals surface area contributed by atoms with Gasteiger partial charge in [0.1, 0.15) is 10.6 Å².